The highest BCUT2D eigenvalue weighted by Gasteiger charge is 2.27. The highest BCUT2D eigenvalue weighted by molar-refractivity contribution is 7.89. The van der Waals surface area contributed by atoms with Gasteiger partial charge in [0.15, 0.2) is 0 Å². The number of sulfonamides is 1. The second-order valence-corrected chi connectivity index (χ2v) is 5.66. The molecule has 114 valence electrons. The molecule has 0 spiro atoms. The van der Waals surface area contributed by atoms with Crippen LogP contribution in [0.4, 0.5) is 13.2 Å². The van der Waals surface area contributed by atoms with Crippen molar-refractivity contribution in [2.45, 2.75) is 24.1 Å². The minimum atomic E-state index is -4.43. The van der Waals surface area contributed by atoms with Crippen molar-refractivity contribution in [3.8, 4) is 5.75 Å². The largest absolute Gasteiger partial charge is 0.496 e. The number of rotatable bonds is 6. The normalized spacial score (nSPS) is 12.4. The molecule has 0 aliphatic carbocycles. The summed E-state index contributed by atoms with van der Waals surface area (Å²) < 4.78 is 66.2. The number of aliphatic hydroxyl groups is 1. The number of alkyl halides is 3. The number of ether oxygens (including phenoxy) is 1. The van der Waals surface area contributed by atoms with Crippen LogP contribution < -0.4 is 9.46 Å². The number of benzene rings is 1. The zero-order chi connectivity index (χ0) is 15.4. The summed E-state index contributed by atoms with van der Waals surface area (Å²) in [4.78, 5) is -0.232. The minimum Gasteiger partial charge on any atom is -0.496 e. The molecule has 0 heterocycles. The maximum absolute atomic E-state index is 12.0. The van der Waals surface area contributed by atoms with Crippen LogP contribution >= 0.6 is 0 Å². The molecule has 0 aromatic heterocycles. The Labute approximate surface area is 114 Å². The van der Waals surface area contributed by atoms with Crippen molar-refractivity contribution in [1.29, 1.82) is 0 Å². The fraction of sp³-hybridized carbons (Fsp3) is 0.455. The van der Waals surface area contributed by atoms with E-state index in [4.69, 9.17) is 9.84 Å². The summed E-state index contributed by atoms with van der Waals surface area (Å²) >= 11 is 0. The van der Waals surface area contributed by atoms with Crippen LogP contribution in [-0.4, -0.2) is 33.4 Å². The SMILES string of the molecule is COc1ccc(S(=O)(=O)NCCC(F)(F)F)cc1CO. The first-order valence-corrected chi connectivity index (χ1v) is 7.02. The van der Waals surface area contributed by atoms with Crippen LogP contribution in [0.25, 0.3) is 0 Å². The Morgan fingerprint density at radius 2 is 2.00 bits per heavy atom. The Hall–Kier alpha value is -1.32. The van der Waals surface area contributed by atoms with E-state index in [1.165, 1.54) is 19.2 Å². The number of nitrogens with one attached hydrogen (secondary N) is 1. The smallest absolute Gasteiger partial charge is 0.390 e. The molecule has 2 N–H and O–H groups in total. The molecular weight excluding hydrogens is 299 g/mol. The van der Waals surface area contributed by atoms with Gasteiger partial charge in [0.2, 0.25) is 10.0 Å². The van der Waals surface area contributed by atoms with Crippen molar-refractivity contribution in [2.24, 2.45) is 0 Å². The Kier molecular flexibility index (Phi) is 5.37. The first-order valence-electron chi connectivity index (χ1n) is 5.54. The van der Waals surface area contributed by atoms with Crippen LogP contribution in [0.1, 0.15) is 12.0 Å². The molecule has 1 aromatic rings. The third-order valence-electron chi connectivity index (χ3n) is 2.43. The third kappa shape index (κ3) is 4.66. The van der Waals surface area contributed by atoms with Crippen molar-refractivity contribution < 1.29 is 31.4 Å². The molecule has 0 saturated carbocycles. The Bertz CT molecular complexity index is 557. The maximum Gasteiger partial charge on any atom is 0.390 e. The zero-order valence-corrected chi connectivity index (χ0v) is 11.4. The van der Waals surface area contributed by atoms with Crippen molar-refractivity contribution in [3.63, 3.8) is 0 Å². The van der Waals surface area contributed by atoms with Crippen molar-refractivity contribution in [3.05, 3.63) is 23.8 Å². The lowest BCUT2D eigenvalue weighted by Crippen LogP contribution is -2.28. The number of aliphatic hydroxyl groups excluding tert-OH is 1. The van der Waals surface area contributed by atoms with Gasteiger partial charge in [-0.2, -0.15) is 13.2 Å². The predicted octanol–water partition coefficient (Wildman–Crippen LogP) is 1.42. The van der Waals surface area contributed by atoms with Gasteiger partial charge in [0.1, 0.15) is 5.75 Å². The van der Waals surface area contributed by atoms with E-state index in [0.29, 0.717) is 5.75 Å². The molecule has 20 heavy (non-hydrogen) atoms. The molecule has 0 aliphatic rings. The topological polar surface area (TPSA) is 75.6 Å². The lowest BCUT2D eigenvalue weighted by Gasteiger charge is -2.11. The van der Waals surface area contributed by atoms with Gasteiger partial charge < -0.3 is 9.84 Å². The molecule has 0 amide bonds. The Morgan fingerprint density at radius 3 is 2.50 bits per heavy atom. The van der Waals surface area contributed by atoms with E-state index in [1.54, 1.807) is 0 Å². The Balaban J connectivity index is 2.87. The van der Waals surface area contributed by atoms with E-state index < -0.39 is 35.8 Å². The summed E-state index contributed by atoms with van der Waals surface area (Å²) in [5, 5.41) is 9.08. The van der Waals surface area contributed by atoms with Crippen LogP contribution in [0.15, 0.2) is 23.1 Å². The quantitative estimate of drug-likeness (QED) is 0.833. The van der Waals surface area contributed by atoms with E-state index in [2.05, 4.69) is 0 Å². The predicted molar refractivity (Wildman–Crippen MR) is 64.8 cm³/mol. The van der Waals surface area contributed by atoms with E-state index >= 15 is 0 Å². The van der Waals surface area contributed by atoms with Gasteiger partial charge >= 0.3 is 6.18 Å². The fourth-order valence-electron chi connectivity index (χ4n) is 1.46. The van der Waals surface area contributed by atoms with Crippen molar-refractivity contribution >= 4 is 10.0 Å². The summed E-state index contributed by atoms with van der Waals surface area (Å²) in [5.41, 5.74) is 0.228. The van der Waals surface area contributed by atoms with Crippen molar-refractivity contribution in [2.75, 3.05) is 13.7 Å². The van der Waals surface area contributed by atoms with Gasteiger partial charge in [-0.05, 0) is 18.2 Å². The molecule has 0 unspecified atom stereocenters. The second kappa shape index (κ2) is 6.42. The summed E-state index contributed by atoms with van der Waals surface area (Å²) in [6.07, 6.45) is -5.69. The molecule has 0 bridgehead atoms. The van der Waals surface area contributed by atoms with Gasteiger partial charge in [-0.1, -0.05) is 0 Å². The molecule has 9 heteroatoms. The molecule has 0 radical (unpaired) electrons. The molecule has 5 nitrogen and oxygen atoms in total. The highest BCUT2D eigenvalue weighted by atomic mass is 32.2. The molecule has 0 atom stereocenters. The van der Waals surface area contributed by atoms with Gasteiger partial charge in [0.05, 0.1) is 25.0 Å². The van der Waals surface area contributed by atoms with Gasteiger partial charge in [0.25, 0.3) is 0 Å². The summed E-state index contributed by atoms with van der Waals surface area (Å²) in [7, 11) is -2.71. The number of methoxy groups -OCH3 is 1. The summed E-state index contributed by atoms with van der Waals surface area (Å²) in [5.74, 6) is 0.293. The highest BCUT2D eigenvalue weighted by Crippen LogP contribution is 2.23. The van der Waals surface area contributed by atoms with Crippen LogP contribution in [0.5, 0.6) is 5.75 Å². The molecule has 1 aromatic carbocycles. The van der Waals surface area contributed by atoms with E-state index in [0.717, 1.165) is 6.07 Å². The average molecular weight is 313 g/mol. The van der Waals surface area contributed by atoms with Crippen molar-refractivity contribution in [1.82, 2.24) is 4.72 Å². The molecule has 0 fully saturated rings. The molecule has 0 saturated heterocycles. The van der Waals surface area contributed by atoms with Gasteiger partial charge in [-0.3, -0.25) is 0 Å². The summed E-state index contributed by atoms with van der Waals surface area (Å²) in [6.45, 7) is -1.19. The van der Waals surface area contributed by atoms with Crippen LogP contribution in [0, 0.1) is 0 Å². The standard InChI is InChI=1S/C11H14F3NO4S/c1-19-10-3-2-9(6-8(10)7-16)20(17,18)15-5-4-11(12,13)14/h2-3,6,15-16H,4-5,7H2,1H3. The number of hydrogen-bond acceptors (Lipinski definition) is 4. The zero-order valence-electron chi connectivity index (χ0n) is 10.6. The fourth-order valence-corrected chi connectivity index (χ4v) is 2.54. The van der Waals surface area contributed by atoms with Gasteiger partial charge in [-0.15, -0.1) is 0 Å². The van der Waals surface area contributed by atoms with Gasteiger partial charge in [-0.25, -0.2) is 13.1 Å². The minimum absolute atomic E-state index is 0.228. The second-order valence-electron chi connectivity index (χ2n) is 3.89. The van der Waals surface area contributed by atoms with Gasteiger partial charge in [0, 0.05) is 12.1 Å². The Morgan fingerprint density at radius 1 is 1.35 bits per heavy atom. The molecule has 1 rings (SSSR count). The lowest BCUT2D eigenvalue weighted by atomic mass is 10.2. The van der Waals surface area contributed by atoms with Crippen LogP contribution in [0.3, 0.4) is 0 Å². The lowest BCUT2D eigenvalue weighted by molar-refractivity contribution is -0.132. The maximum atomic E-state index is 12.0. The van der Waals surface area contributed by atoms with Crippen LogP contribution in [-0.2, 0) is 16.6 Å². The first kappa shape index (κ1) is 16.7. The van der Waals surface area contributed by atoms with E-state index in [9.17, 15) is 21.6 Å². The monoisotopic (exact) mass is 313 g/mol. The third-order valence-corrected chi connectivity index (χ3v) is 3.89. The van der Waals surface area contributed by atoms with E-state index in [1.807, 2.05) is 4.72 Å². The molecule has 0 aliphatic heterocycles. The first-order chi connectivity index (χ1) is 9.19. The average Bonchev–Trinajstić information content (AvgIpc) is 2.36. The molecular formula is C11H14F3NO4S. The van der Waals surface area contributed by atoms with Crippen LogP contribution in [0.2, 0.25) is 0 Å². The van der Waals surface area contributed by atoms with E-state index in [-0.39, 0.29) is 10.5 Å². The number of halogens is 3. The number of hydrogen-bond donors (Lipinski definition) is 2. The summed E-state index contributed by atoms with van der Waals surface area (Å²) in [6, 6.07) is 3.66.